The van der Waals surface area contributed by atoms with Crippen molar-refractivity contribution >= 4 is 40.5 Å². The molecule has 4 heterocycles. The molecule has 2 aromatic heterocycles. The van der Waals surface area contributed by atoms with Crippen LogP contribution >= 0.6 is 0 Å². The second kappa shape index (κ2) is 8.53. The number of amidine groups is 1. The zero-order valence-electron chi connectivity index (χ0n) is 19.6. The number of nitrogens with one attached hydrogen (secondary N) is 2. The molecule has 1 unspecified atom stereocenters. The zero-order chi connectivity index (χ0) is 24.8. The van der Waals surface area contributed by atoms with Crippen molar-refractivity contribution in [3.8, 4) is 11.1 Å². The summed E-state index contributed by atoms with van der Waals surface area (Å²) in [5, 5.41) is 4.08. The van der Waals surface area contributed by atoms with E-state index in [9.17, 15) is 9.18 Å². The highest BCUT2D eigenvalue weighted by Gasteiger charge is 2.40. The van der Waals surface area contributed by atoms with Crippen LogP contribution in [-0.4, -0.2) is 45.1 Å². The maximum Gasteiger partial charge on any atom is 0.264 e. The molecule has 0 saturated heterocycles. The summed E-state index contributed by atoms with van der Waals surface area (Å²) in [4.78, 5) is 36.4. The molecule has 0 bridgehead atoms. The number of carbonyl (C=O) groups excluding carboxylic acids is 1. The summed E-state index contributed by atoms with van der Waals surface area (Å²) in [5.41, 5.74) is 3.70. The first kappa shape index (κ1) is 21.8. The highest BCUT2D eigenvalue weighted by molar-refractivity contribution is 6.33. The minimum absolute atomic E-state index is 0.152. The smallest absolute Gasteiger partial charge is 0.264 e. The molecule has 36 heavy (non-hydrogen) atoms. The van der Waals surface area contributed by atoms with Crippen molar-refractivity contribution < 1.29 is 9.18 Å². The van der Waals surface area contributed by atoms with Crippen LogP contribution in [0.4, 0.5) is 15.9 Å². The van der Waals surface area contributed by atoms with Gasteiger partial charge in [0.05, 0.1) is 17.0 Å². The molecule has 0 aliphatic carbocycles. The number of aliphatic imine (C=N–C) groups is 2. The lowest BCUT2D eigenvalue weighted by Gasteiger charge is -2.37. The molecule has 2 aromatic carbocycles. The quantitative estimate of drug-likeness (QED) is 0.432. The molecule has 1 amide bonds. The topological polar surface area (TPSA) is 98.6 Å². The van der Waals surface area contributed by atoms with E-state index in [0.29, 0.717) is 39.4 Å². The number of allylic oxidation sites excluding steroid dienone is 1. The van der Waals surface area contributed by atoms with E-state index in [0.717, 1.165) is 11.3 Å². The van der Waals surface area contributed by atoms with E-state index >= 15 is 0 Å². The van der Waals surface area contributed by atoms with Gasteiger partial charge < -0.3 is 10.3 Å². The van der Waals surface area contributed by atoms with Crippen LogP contribution in [0.25, 0.3) is 22.2 Å². The SMILES string of the molecule is CC1=C2C(=O)N(c3ccccc3)[C@@H](C(C)Nc3ncnc4[nH]cc(-c5ccccc5F)c34)N=C2N=C1. The molecule has 2 N–H and O–H groups in total. The standard InChI is InChI=1S/C27H22FN7O/c1-15-12-29-24-21(15)27(36)35(17-8-4-3-5-9-17)26(34-24)16(2)33-25-22-19(13-30-23(22)31-14-32-25)18-10-6-7-11-20(18)28/h3-14,16,26H,1-2H3,(H2,30,31,32,33)/t16?,26-/m0/s1. The van der Waals surface area contributed by atoms with Gasteiger partial charge in [-0.15, -0.1) is 0 Å². The van der Waals surface area contributed by atoms with Gasteiger partial charge in [-0.25, -0.2) is 24.3 Å². The Hall–Kier alpha value is -4.66. The fourth-order valence-corrected chi connectivity index (χ4v) is 4.70. The van der Waals surface area contributed by atoms with Gasteiger partial charge in [-0.05, 0) is 37.6 Å². The lowest BCUT2D eigenvalue weighted by atomic mass is 10.0. The second-order valence-corrected chi connectivity index (χ2v) is 8.75. The number of benzene rings is 2. The van der Waals surface area contributed by atoms with E-state index in [4.69, 9.17) is 4.99 Å². The average molecular weight is 480 g/mol. The first-order valence-corrected chi connectivity index (χ1v) is 11.6. The highest BCUT2D eigenvalue weighted by atomic mass is 19.1. The average Bonchev–Trinajstić information content (AvgIpc) is 3.49. The molecule has 9 heteroatoms. The van der Waals surface area contributed by atoms with Crippen molar-refractivity contribution in [3.05, 3.63) is 84.1 Å². The first-order valence-electron chi connectivity index (χ1n) is 11.6. The highest BCUT2D eigenvalue weighted by Crippen LogP contribution is 2.35. The summed E-state index contributed by atoms with van der Waals surface area (Å²) in [6.45, 7) is 3.79. The van der Waals surface area contributed by atoms with Gasteiger partial charge in [-0.3, -0.25) is 9.69 Å². The number of carbonyl (C=O) groups is 1. The number of anilines is 2. The number of H-pyrrole nitrogens is 1. The Morgan fingerprint density at radius 2 is 1.83 bits per heavy atom. The Balaban J connectivity index is 1.43. The van der Waals surface area contributed by atoms with Crippen LogP contribution in [0.2, 0.25) is 0 Å². The molecule has 2 aliphatic rings. The van der Waals surface area contributed by atoms with Gasteiger partial charge in [0.2, 0.25) is 0 Å². The van der Waals surface area contributed by atoms with Gasteiger partial charge in [0.15, 0.2) is 12.0 Å². The van der Waals surface area contributed by atoms with Crippen LogP contribution in [-0.2, 0) is 4.79 Å². The van der Waals surface area contributed by atoms with Crippen molar-refractivity contribution in [2.24, 2.45) is 9.98 Å². The maximum atomic E-state index is 14.6. The van der Waals surface area contributed by atoms with Crippen molar-refractivity contribution in [2.75, 3.05) is 10.2 Å². The van der Waals surface area contributed by atoms with Crippen LogP contribution in [0.5, 0.6) is 0 Å². The van der Waals surface area contributed by atoms with Crippen molar-refractivity contribution in [2.45, 2.75) is 26.1 Å². The Labute approximate surface area is 206 Å². The normalized spacial score (nSPS) is 18.0. The van der Waals surface area contributed by atoms with Gasteiger partial charge >= 0.3 is 0 Å². The first-order chi connectivity index (χ1) is 17.5. The third-order valence-electron chi connectivity index (χ3n) is 6.43. The minimum Gasteiger partial charge on any atom is -0.363 e. The van der Waals surface area contributed by atoms with Crippen molar-refractivity contribution in [1.82, 2.24) is 15.0 Å². The number of halogens is 1. The van der Waals surface area contributed by atoms with Gasteiger partial charge in [0.25, 0.3) is 5.91 Å². The predicted octanol–water partition coefficient (Wildman–Crippen LogP) is 4.74. The number of hydrogen-bond acceptors (Lipinski definition) is 6. The second-order valence-electron chi connectivity index (χ2n) is 8.75. The molecule has 178 valence electrons. The summed E-state index contributed by atoms with van der Waals surface area (Å²) < 4.78 is 14.6. The van der Waals surface area contributed by atoms with E-state index < -0.39 is 6.17 Å². The lowest BCUT2D eigenvalue weighted by Crippen LogP contribution is -2.52. The molecule has 8 nitrogen and oxygen atoms in total. The number of amides is 1. The molecule has 2 aliphatic heterocycles. The molecule has 0 radical (unpaired) electrons. The zero-order valence-corrected chi connectivity index (χ0v) is 19.6. The number of nitrogens with zero attached hydrogens (tertiary/aromatic N) is 5. The minimum atomic E-state index is -0.595. The molecular weight excluding hydrogens is 457 g/mol. The molecule has 0 saturated carbocycles. The maximum absolute atomic E-state index is 14.6. The fraction of sp³-hybridized carbons (Fsp3) is 0.148. The monoisotopic (exact) mass is 479 g/mol. The van der Waals surface area contributed by atoms with Crippen LogP contribution in [0.3, 0.4) is 0 Å². The molecular formula is C27H22FN7O. The largest absolute Gasteiger partial charge is 0.363 e. The van der Waals surface area contributed by atoms with Crippen LogP contribution < -0.4 is 10.2 Å². The number of hydrogen-bond donors (Lipinski definition) is 2. The summed E-state index contributed by atoms with van der Waals surface area (Å²) in [6.07, 6.45) is 4.24. The molecule has 2 atom stereocenters. The number of fused-ring (bicyclic) bond motifs is 2. The lowest BCUT2D eigenvalue weighted by molar-refractivity contribution is -0.115. The third kappa shape index (κ3) is 3.48. The summed E-state index contributed by atoms with van der Waals surface area (Å²) in [5.74, 6) is 0.459. The third-order valence-corrected chi connectivity index (χ3v) is 6.43. The molecule has 6 rings (SSSR count). The Morgan fingerprint density at radius 1 is 1.06 bits per heavy atom. The van der Waals surface area contributed by atoms with Crippen LogP contribution in [0.1, 0.15) is 13.8 Å². The van der Waals surface area contributed by atoms with Gasteiger partial charge in [0, 0.05) is 29.2 Å². The van der Waals surface area contributed by atoms with Gasteiger partial charge in [0.1, 0.15) is 23.6 Å². The van der Waals surface area contributed by atoms with Gasteiger partial charge in [-0.1, -0.05) is 36.4 Å². The predicted molar refractivity (Wildman–Crippen MR) is 139 cm³/mol. The van der Waals surface area contributed by atoms with E-state index in [1.54, 1.807) is 35.5 Å². The molecule has 0 fully saturated rings. The van der Waals surface area contributed by atoms with Crippen LogP contribution in [0.15, 0.2) is 88.3 Å². The number of para-hydroxylation sites is 1. The van der Waals surface area contributed by atoms with Crippen LogP contribution in [0, 0.1) is 5.82 Å². The van der Waals surface area contributed by atoms with E-state index in [1.807, 2.05) is 44.2 Å². The Bertz CT molecular complexity index is 1590. The summed E-state index contributed by atoms with van der Waals surface area (Å²) >= 11 is 0. The van der Waals surface area contributed by atoms with E-state index in [2.05, 4.69) is 25.3 Å². The Morgan fingerprint density at radius 3 is 2.64 bits per heavy atom. The van der Waals surface area contributed by atoms with Gasteiger partial charge in [-0.2, -0.15) is 0 Å². The summed E-state index contributed by atoms with van der Waals surface area (Å²) in [7, 11) is 0. The molecule has 0 spiro atoms. The fourth-order valence-electron chi connectivity index (χ4n) is 4.70. The van der Waals surface area contributed by atoms with Crippen molar-refractivity contribution in [3.63, 3.8) is 0 Å². The molecule has 4 aromatic rings. The van der Waals surface area contributed by atoms with E-state index in [-0.39, 0.29) is 17.8 Å². The number of aromatic nitrogens is 3. The van der Waals surface area contributed by atoms with Crippen molar-refractivity contribution in [1.29, 1.82) is 0 Å². The number of aromatic amines is 1. The number of rotatable bonds is 5. The summed E-state index contributed by atoms with van der Waals surface area (Å²) in [6, 6.07) is 15.6. The van der Waals surface area contributed by atoms with E-state index in [1.165, 1.54) is 12.4 Å². The Kier molecular flexibility index (Phi) is 5.18.